The standard InChI is InChI=1S/C17H14FN3O/c18-11-6-5-10-7-12(19-15(10)8-11)9-16-17(22)21-14-4-2-1-3-13(14)20-16/h1-8,16,19-20H,9H2,(H,21,22). The molecule has 0 spiro atoms. The molecule has 1 amide bonds. The molecular weight excluding hydrogens is 281 g/mol. The molecule has 110 valence electrons. The van der Waals surface area contributed by atoms with Gasteiger partial charge in [0.25, 0.3) is 0 Å². The number of benzene rings is 2. The quantitative estimate of drug-likeness (QED) is 0.679. The van der Waals surface area contributed by atoms with Gasteiger partial charge >= 0.3 is 0 Å². The molecule has 0 radical (unpaired) electrons. The lowest BCUT2D eigenvalue weighted by molar-refractivity contribution is -0.117. The van der Waals surface area contributed by atoms with Crippen molar-refractivity contribution in [2.24, 2.45) is 0 Å². The summed E-state index contributed by atoms with van der Waals surface area (Å²) in [5.41, 5.74) is 3.34. The summed E-state index contributed by atoms with van der Waals surface area (Å²) in [5, 5.41) is 7.08. The molecule has 1 atom stereocenters. The third-order valence-electron chi connectivity index (χ3n) is 3.90. The van der Waals surface area contributed by atoms with Crippen LogP contribution in [0.4, 0.5) is 15.8 Å². The van der Waals surface area contributed by atoms with Gasteiger partial charge in [0.05, 0.1) is 11.4 Å². The summed E-state index contributed by atoms with van der Waals surface area (Å²) in [7, 11) is 0. The monoisotopic (exact) mass is 295 g/mol. The van der Waals surface area contributed by atoms with Crippen LogP contribution in [0.3, 0.4) is 0 Å². The van der Waals surface area contributed by atoms with Crippen LogP contribution in [0.1, 0.15) is 5.69 Å². The first kappa shape index (κ1) is 12.9. The maximum atomic E-state index is 13.2. The lowest BCUT2D eigenvalue weighted by Crippen LogP contribution is -2.40. The molecule has 2 aromatic carbocycles. The topological polar surface area (TPSA) is 56.9 Å². The van der Waals surface area contributed by atoms with E-state index in [1.165, 1.54) is 12.1 Å². The zero-order valence-electron chi connectivity index (χ0n) is 11.7. The van der Waals surface area contributed by atoms with Gasteiger partial charge in [0.15, 0.2) is 0 Å². The predicted octanol–water partition coefficient (Wildman–Crippen LogP) is 3.28. The summed E-state index contributed by atoms with van der Waals surface area (Å²) in [5.74, 6) is -0.341. The number of carbonyl (C=O) groups is 1. The molecule has 1 unspecified atom stereocenters. The van der Waals surface area contributed by atoms with Crippen molar-refractivity contribution >= 4 is 28.2 Å². The van der Waals surface area contributed by atoms with E-state index >= 15 is 0 Å². The number of H-pyrrole nitrogens is 1. The number of amides is 1. The summed E-state index contributed by atoms with van der Waals surface area (Å²) >= 11 is 0. The third kappa shape index (κ3) is 2.20. The highest BCUT2D eigenvalue weighted by atomic mass is 19.1. The number of halogens is 1. The summed E-state index contributed by atoms with van der Waals surface area (Å²) < 4.78 is 13.2. The summed E-state index contributed by atoms with van der Waals surface area (Å²) in [6.45, 7) is 0. The van der Waals surface area contributed by atoms with Gasteiger partial charge in [-0.3, -0.25) is 4.79 Å². The van der Waals surface area contributed by atoms with Crippen LogP contribution in [0.15, 0.2) is 48.5 Å². The van der Waals surface area contributed by atoms with Crippen molar-refractivity contribution < 1.29 is 9.18 Å². The first-order valence-electron chi connectivity index (χ1n) is 7.12. The van der Waals surface area contributed by atoms with Crippen molar-refractivity contribution in [2.75, 3.05) is 10.6 Å². The number of fused-ring (bicyclic) bond motifs is 2. The maximum Gasteiger partial charge on any atom is 0.247 e. The Kier molecular flexibility index (Phi) is 2.85. The molecule has 1 aliphatic heterocycles. The smallest absolute Gasteiger partial charge is 0.247 e. The second-order valence-electron chi connectivity index (χ2n) is 5.46. The Morgan fingerprint density at radius 2 is 1.86 bits per heavy atom. The lowest BCUT2D eigenvalue weighted by Gasteiger charge is -2.26. The van der Waals surface area contributed by atoms with E-state index in [1.54, 1.807) is 6.07 Å². The molecule has 0 saturated carbocycles. The van der Waals surface area contributed by atoms with Crippen molar-refractivity contribution in [3.8, 4) is 0 Å². The molecule has 2 heterocycles. The summed E-state index contributed by atoms with van der Waals surface area (Å²) in [6.07, 6.45) is 0.510. The van der Waals surface area contributed by atoms with Crippen molar-refractivity contribution in [3.05, 3.63) is 60.0 Å². The zero-order chi connectivity index (χ0) is 15.1. The van der Waals surface area contributed by atoms with E-state index < -0.39 is 0 Å². The zero-order valence-corrected chi connectivity index (χ0v) is 11.7. The molecule has 4 rings (SSSR count). The van der Waals surface area contributed by atoms with Crippen molar-refractivity contribution in [1.82, 2.24) is 4.98 Å². The van der Waals surface area contributed by atoms with Gasteiger partial charge in [-0.15, -0.1) is 0 Å². The highest BCUT2D eigenvalue weighted by Gasteiger charge is 2.25. The molecule has 3 N–H and O–H groups in total. The third-order valence-corrected chi connectivity index (χ3v) is 3.90. The summed E-state index contributed by atoms with van der Waals surface area (Å²) in [6, 6.07) is 13.8. The highest BCUT2D eigenvalue weighted by Crippen LogP contribution is 2.27. The molecule has 0 fully saturated rings. The maximum absolute atomic E-state index is 13.2. The molecule has 0 bridgehead atoms. The number of aromatic nitrogens is 1. The Hall–Kier alpha value is -2.82. The fourth-order valence-corrected chi connectivity index (χ4v) is 2.82. The van der Waals surface area contributed by atoms with E-state index in [0.717, 1.165) is 28.0 Å². The van der Waals surface area contributed by atoms with E-state index in [9.17, 15) is 9.18 Å². The van der Waals surface area contributed by atoms with E-state index in [-0.39, 0.29) is 17.8 Å². The minimum absolute atomic E-state index is 0.0662. The molecule has 1 aliphatic rings. The van der Waals surface area contributed by atoms with Crippen LogP contribution in [-0.2, 0) is 11.2 Å². The Bertz CT molecular complexity index is 871. The minimum atomic E-state index is -0.354. The molecule has 5 heteroatoms. The van der Waals surface area contributed by atoms with Crippen LogP contribution in [0, 0.1) is 5.82 Å². The van der Waals surface area contributed by atoms with Gasteiger partial charge in [-0.25, -0.2) is 4.39 Å². The largest absolute Gasteiger partial charge is 0.372 e. The van der Waals surface area contributed by atoms with E-state index in [1.807, 2.05) is 30.3 Å². The molecule has 1 aromatic heterocycles. The molecule has 4 nitrogen and oxygen atoms in total. The number of para-hydroxylation sites is 2. The van der Waals surface area contributed by atoms with Gasteiger partial charge in [0.1, 0.15) is 11.9 Å². The second kappa shape index (κ2) is 4.87. The molecule has 22 heavy (non-hydrogen) atoms. The van der Waals surface area contributed by atoms with Crippen LogP contribution in [0.5, 0.6) is 0 Å². The number of hydrogen-bond acceptors (Lipinski definition) is 2. The lowest BCUT2D eigenvalue weighted by atomic mass is 10.1. The number of hydrogen-bond donors (Lipinski definition) is 3. The van der Waals surface area contributed by atoms with Gasteiger partial charge in [-0.2, -0.15) is 0 Å². The van der Waals surface area contributed by atoms with E-state index in [2.05, 4.69) is 15.6 Å². The summed E-state index contributed by atoms with van der Waals surface area (Å²) in [4.78, 5) is 15.4. The SMILES string of the molecule is O=C1Nc2ccccc2NC1Cc1cc2ccc(F)cc2[nH]1. The number of aromatic amines is 1. The normalized spacial score (nSPS) is 17.0. The van der Waals surface area contributed by atoms with Gasteiger partial charge in [0.2, 0.25) is 5.91 Å². The van der Waals surface area contributed by atoms with E-state index in [4.69, 9.17) is 0 Å². The highest BCUT2D eigenvalue weighted by molar-refractivity contribution is 6.03. The number of anilines is 2. The van der Waals surface area contributed by atoms with Crippen LogP contribution in [0.2, 0.25) is 0 Å². The van der Waals surface area contributed by atoms with Crippen LogP contribution >= 0.6 is 0 Å². The fourth-order valence-electron chi connectivity index (χ4n) is 2.82. The van der Waals surface area contributed by atoms with E-state index in [0.29, 0.717) is 6.42 Å². The van der Waals surface area contributed by atoms with Crippen molar-refractivity contribution in [3.63, 3.8) is 0 Å². The van der Waals surface area contributed by atoms with Gasteiger partial charge in [0, 0.05) is 17.6 Å². The molecule has 0 saturated heterocycles. The average Bonchev–Trinajstić information content (AvgIpc) is 2.89. The number of nitrogens with one attached hydrogen (secondary N) is 3. The van der Waals surface area contributed by atoms with Crippen molar-refractivity contribution in [1.29, 1.82) is 0 Å². The first-order valence-corrected chi connectivity index (χ1v) is 7.12. The van der Waals surface area contributed by atoms with Crippen molar-refractivity contribution in [2.45, 2.75) is 12.5 Å². The second-order valence-corrected chi connectivity index (χ2v) is 5.46. The van der Waals surface area contributed by atoms with Gasteiger partial charge in [-0.05, 0) is 41.8 Å². The average molecular weight is 295 g/mol. The fraction of sp³-hybridized carbons (Fsp3) is 0.118. The van der Waals surface area contributed by atoms with Gasteiger partial charge < -0.3 is 15.6 Å². The Labute approximate surface area is 126 Å². The Morgan fingerprint density at radius 1 is 1.05 bits per heavy atom. The molecule has 3 aromatic rings. The number of carbonyl (C=O) groups excluding carboxylic acids is 1. The van der Waals surface area contributed by atoms with Crippen LogP contribution < -0.4 is 10.6 Å². The minimum Gasteiger partial charge on any atom is -0.372 e. The Balaban J connectivity index is 1.61. The molecular formula is C17H14FN3O. The molecule has 0 aliphatic carbocycles. The van der Waals surface area contributed by atoms with Crippen LogP contribution in [-0.4, -0.2) is 16.9 Å². The first-order chi connectivity index (χ1) is 10.7. The Morgan fingerprint density at radius 3 is 2.73 bits per heavy atom. The number of rotatable bonds is 2. The predicted molar refractivity (Wildman–Crippen MR) is 84.4 cm³/mol. The van der Waals surface area contributed by atoms with Gasteiger partial charge in [-0.1, -0.05) is 12.1 Å². The van der Waals surface area contributed by atoms with Crippen LogP contribution in [0.25, 0.3) is 10.9 Å².